The van der Waals surface area contributed by atoms with E-state index in [-0.39, 0.29) is 6.61 Å². The number of benzene rings is 1. The molecule has 98 valence electrons. The highest BCUT2D eigenvalue weighted by atomic mass is 16.5. The van der Waals surface area contributed by atoms with Gasteiger partial charge >= 0.3 is 0 Å². The van der Waals surface area contributed by atoms with Crippen LogP contribution in [0.5, 0.6) is 5.75 Å². The molecule has 1 aromatic carbocycles. The highest BCUT2D eigenvalue weighted by molar-refractivity contribution is 5.33. The molecule has 1 rings (SSSR count). The van der Waals surface area contributed by atoms with E-state index < -0.39 is 0 Å². The number of rotatable bonds is 8. The summed E-state index contributed by atoms with van der Waals surface area (Å²) in [5.74, 6) is 0.791. The molecule has 0 saturated heterocycles. The van der Waals surface area contributed by atoms with E-state index >= 15 is 0 Å². The molecule has 0 aliphatic heterocycles. The van der Waals surface area contributed by atoms with E-state index in [1.807, 2.05) is 30.3 Å². The highest BCUT2D eigenvalue weighted by Crippen LogP contribution is 2.17. The van der Waals surface area contributed by atoms with Crippen molar-refractivity contribution in [1.82, 2.24) is 10.2 Å². The van der Waals surface area contributed by atoms with Crippen LogP contribution in [0.2, 0.25) is 0 Å². The van der Waals surface area contributed by atoms with Crippen LogP contribution in [0.4, 0.5) is 0 Å². The molecule has 1 aromatic rings. The molecule has 0 fully saturated rings. The van der Waals surface area contributed by atoms with Crippen LogP contribution in [0.3, 0.4) is 0 Å². The van der Waals surface area contributed by atoms with E-state index in [2.05, 4.69) is 24.3 Å². The van der Waals surface area contributed by atoms with Crippen molar-refractivity contribution in [2.24, 2.45) is 0 Å². The fraction of sp³-hybridized carbons (Fsp3) is 0.500. The predicted octanol–water partition coefficient (Wildman–Crippen LogP) is 1.63. The summed E-state index contributed by atoms with van der Waals surface area (Å²) in [4.78, 5) is 2.17. The molecule has 4 nitrogen and oxygen atoms in total. The number of ether oxygens (including phenoxy) is 1. The van der Waals surface area contributed by atoms with Gasteiger partial charge in [-0.3, -0.25) is 0 Å². The lowest BCUT2D eigenvalue weighted by atomic mass is 10.2. The number of nitrogens with one attached hydrogen (secondary N) is 1. The second-order valence-electron chi connectivity index (χ2n) is 4.39. The van der Waals surface area contributed by atoms with Crippen LogP contribution >= 0.6 is 0 Å². The van der Waals surface area contributed by atoms with Crippen LogP contribution in [0.1, 0.15) is 12.0 Å². The summed E-state index contributed by atoms with van der Waals surface area (Å²) < 4.78 is 5.37. The van der Waals surface area contributed by atoms with E-state index in [4.69, 9.17) is 10.00 Å². The average molecular weight is 247 g/mol. The van der Waals surface area contributed by atoms with Gasteiger partial charge in [0.1, 0.15) is 11.8 Å². The quantitative estimate of drug-likeness (QED) is 0.709. The maximum atomic E-state index is 8.52. The molecule has 0 aliphatic carbocycles. The van der Waals surface area contributed by atoms with Gasteiger partial charge in [0.15, 0.2) is 6.61 Å². The van der Waals surface area contributed by atoms with Crippen molar-refractivity contribution >= 4 is 0 Å². The number of para-hydroxylation sites is 1. The topological polar surface area (TPSA) is 48.3 Å². The van der Waals surface area contributed by atoms with Gasteiger partial charge in [-0.25, -0.2) is 0 Å². The normalized spacial score (nSPS) is 10.3. The minimum atomic E-state index is 0.0949. The third-order valence-electron chi connectivity index (χ3n) is 2.54. The molecule has 0 radical (unpaired) electrons. The van der Waals surface area contributed by atoms with Crippen molar-refractivity contribution in [1.29, 1.82) is 5.26 Å². The Balaban J connectivity index is 2.35. The van der Waals surface area contributed by atoms with Crippen molar-refractivity contribution in [3.8, 4) is 11.8 Å². The zero-order valence-corrected chi connectivity index (χ0v) is 11.1. The molecule has 0 atom stereocenters. The van der Waals surface area contributed by atoms with Crippen LogP contribution in [0.25, 0.3) is 0 Å². The van der Waals surface area contributed by atoms with Gasteiger partial charge in [0.05, 0.1) is 0 Å². The Bertz CT molecular complexity index is 385. The van der Waals surface area contributed by atoms with Crippen LogP contribution in [0, 0.1) is 11.3 Å². The fourth-order valence-electron chi connectivity index (χ4n) is 1.64. The van der Waals surface area contributed by atoms with E-state index in [1.54, 1.807) is 0 Å². The minimum Gasteiger partial charge on any atom is -0.478 e. The maximum absolute atomic E-state index is 8.52. The lowest BCUT2D eigenvalue weighted by Gasteiger charge is -2.12. The standard InChI is InChI=1S/C14H21N3O/c1-17(2)10-5-9-16-12-13-6-3-4-7-14(13)18-11-8-15/h3-4,6-7,16H,5,9-12H2,1-2H3. The van der Waals surface area contributed by atoms with Gasteiger partial charge in [-0.15, -0.1) is 0 Å². The monoisotopic (exact) mass is 247 g/mol. The SMILES string of the molecule is CN(C)CCCNCc1ccccc1OCC#N. The van der Waals surface area contributed by atoms with Gasteiger partial charge in [-0.05, 0) is 39.7 Å². The van der Waals surface area contributed by atoms with E-state index in [9.17, 15) is 0 Å². The van der Waals surface area contributed by atoms with E-state index in [1.165, 1.54) is 0 Å². The molecule has 0 aliphatic rings. The highest BCUT2D eigenvalue weighted by Gasteiger charge is 2.01. The lowest BCUT2D eigenvalue weighted by Crippen LogP contribution is -2.21. The van der Waals surface area contributed by atoms with Crippen LogP contribution < -0.4 is 10.1 Å². The minimum absolute atomic E-state index is 0.0949. The Kier molecular flexibility index (Phi) is 6.85. The second kappa shape index (κ2) is 8.51. The molecule has 4 heteroatoms. The van der Waals surface area contributed by atoms with Crippen molar-refractivity contribution in [2.45, 2.75) is 13.0 Å². The smallest absolute Gasteiger partial charge is 0.174 e. The summed E-state index contributed by atoms with van der Waals surface area (Å²) in [7, 11) is 4.15. The molecule has 0 amide bonds. The maximum Gasteiger partial charge on any atom is 0.174 e. The van der Waals surface area contributed by atoms with Crippen LogP contribution in [0.15, 0.2) is 24.3 Å². The predicted molar refractivity (Wildman–Crippen MR) is 72.4 cm³/mol. The Hall–Kier alpha value is -1.57. The summed E-state index contributed by atoms with van der Waals surface area (Å²) >= 11 is 0. The van der Waals surface area contributed by atoms with Gasteiger partial charge in [0.2, 0.25) is 0 Å². The Morgan fingerprint density at radius 3 is 2.83 bits per heavy atom. The van der Waals surface area contributed by atoms with Crippen molar-refractivity contribution in [3.63, 3.8) is 0 Å². The number of hydrogen-bond acceptors (Lipinski definition) is 4. The summed E-state index contributed by atoms with van der Waals surface area (Å²) in [6.07, 6.45) is 1.12. The van der Waals surface area contributed by atoms with Gasteiger partial charge in [-0.1, -0.05) is 18.2 Å². The van der Waals surface area contributed by atoms with Gasteiger partial charge in [0, 0.05) is 12.1 Å². The average Bonchev–Trinajstić information content (AvgIpc) is 2.36. The molecule has 0 unspecified atom stereocenters. The molecular formula is C14H21N3O. The second-order valence-corrected chi connectivity index (χ2v) is 4.39. The third-order valence-corrected chi connectivity index (χ3v) is 2.54. The molecule has 1 N–H and O–H groups in total. The summed E-state index contributed by atoms with van der Waals surface area (Å²) in [6, 6.07) is 9.80. The number of hydrogen-bond donors (Lipinski definition) is 1. The molecule has 0 saturated carbocycles. The van der Waals surface area contributed by atoms with Crippen molar-refractivity contribution in [3.05, 3.63) is 29.8 Å². The zero-order chi connectivity index (χ0) is 13.2. The Morgan fingerprint density at radius 2 is 2.11 bits per heavy atom. The lowest BCUT2D eigenvalue weighted by molar-refractivity contribution is 0.361. The molecule has 0 spiro atoms. The summed E-state index contributed by atoms with van der Waals surface area (Å²) in [6.45, 7) is 2.93. The fourth-order valence-corrected chi connectivity index (χ4v) is 1.64. The molecular weight excluding hydrogens is 226 g/mol. The summed E-state index contributed by atoms with van der Waals surface area (Å²) in [5, 5.41) is 11.9. The first-order valence-electron chi connectivity index (χ1n) is 6.17. The largest absolute Gasteiger partial charge is 0.478 e. The first-order valence-corrected chi connectivity index (χ1v) is 6.17. The van der Waals surface area contributed by atoms with E-state index in [0.29, 0.717) is 0 Å². The van der Waals surface area contributed by atoms with Crippen molar-refractivity contribution in [2.75, 3.05) is 33.8 Å². The van der Waals surface area contributed by atoms with Crippen molar-refractivity contribution < 1.29 is 4.74 Å². The summed E-state index contributed by atoms with van der Waals surface area (Å²) in [5.41, 5.74) is 1.10. The van der Waals surface area contributed by atoms with E-state index in [0.717, 1.165) is 37.4 Å². The van der Waals surface area contributed by atoms with Crippen LogP contribution in [-0.4, -0.2) is 38.7 Å². The Labute approximate surface area is 109 Å². The van der Waals surface area contributed by atoms with Crippen LogP contribution in [-0.2, 0) is 6.54 Å². The first kappa shape index (κ1) is 14.5. The van der Waals surface area contributed by atoms with Gasteiger partial charge in [-0.2, -0.15) is 5.26 Å². The Morgan fingerprint density at radius 1 is 1.33 bits per heavy atom. The van der Waals surface area contributed by atoms with Gasteiger partial charge < -0.3 is 15.0 Å². The zero-order valence-electron chi connectivity index (χ0n) is 11.1. The third kappa shape index (κ3) is 5.67. The van der Waals surface area contributed by atoms with Gasteiger partial charge in [0.25, 0.3) is 0 Å². The number of nitrogens with zero attached hydrogens (tertiary/aromatic N) is 2. The first-order chi connectivity index (χ1) is 8.74. The molecule has 18 heavy (non-hydrogen) atoms. The number of nitriles is 1. The molecule has 0 bridgehead atoms. The molecule has 0 heterocycles. The molecule has 0 aromatic heterocycles.